The quantitative estimate of drug-likeness (QED) is 0.876. The first-order valence-corrected chi connectivity index (χ1v) is 5.33. The van der Waals surface area contributed by atoms with Crippen molar-refractivity contribution in [1.29, 1.82) is 5.26 Å². The van der Waals surface area contributed by atoms with Gasteiger partial charge in [0, 0.05) is 0 Å². The highest BCUT2D eigenvalue weighted by atomic mass is 35.5. The predicted molar refractivity (Wildman–Crippen MR) is 62.7 cm³/mol. The van der Waals surface area contributed by atoms with E-state index in [4.69, 9.17) is 22.6 Å². The second-order valence-electron chi connectivity index (χ2n) is 3.65. The van der Waals surface area contributed by atoms with Crippen molar-refractivity contribution in [3.8, 4) is 11.8 Å². The second-order valence-corrected chi connectivity index (χ2v) is 4.06. The third-order valence-electron chi connectivity index (χ3n) is 2.39. The minimum absolute atomic E-state index is 0.0153. The molecule has 19 heavy (non-hydrogen) atoms. The molecule has 8 heteroatoms. The Labute approximate surface area is 110 Å². The maximum atomic E-state index is 12.5. The average Bonchev–Trinajstić information content (AvgIpc) is 2.69. The van der Waals surface area contributed by atoms with E-state index < -0.39 is 11.7 Å². The standard InChI is InChI=1S/C11H6ClF3N4/c12-8-3-7(11(13,14)15)1-2-9(8)19-5-6(4-16)10(17)18-19/h1-3,5H,(H2,17,18). The van der Waals surface area contributed by atoms with E-state index in [0.29, 0.717) is 0 Å². The Morgan fingerprint density at radius 1 is 1.37 bits per heavy atom. The number of aromatic nitrogens is 2. The van der Waals surface area contributed by atoms with Crippen molar-refractivity contribution < 1.29 is 13.2 Å². The molecule has 1 aromatic carbocycles. The van der Waals surface area contributed by atoms with Crippen LogP contribution < -0.4 is 5.73 Å². The molecule has 0 amide bonds. The van der Waals surface area contributed by atoms with Crippen molar-refractivity contribution in [2.75, 3.05) is 5.73 Å². The summed E-state index contributed by atoms with van der Waals surface area (Å²) in [6.07, 6.45) is -3.17. The molecule has 1 aromatic heterocycles. The van der Waals surface area contributed by atoms with E-state index in [2.05, 4.69) is 5.10 Å². The van der Waals surface area contributed by atoms with Gasteiger partial charge in [-0.1, -0.05) is 11.6 Å². The molecule has 1 heterocycles. The SMILES string of the molecule is N#Cc1cn(-c2ccc(C(F)(F)F)cc2Cl)nc1N. The Kier molecular flexibility index (Phi) is 3.12. The van der Waals surface area contributed by atoms with Crippen molar-refractivity contribution in [3.05, 3.63) is 40.5 Å². The zero-order chi connectivity index (χ0) is 14.2. The average molecular weight is 287 g/mol. The summed E-state index contributed by atoms with van der Waals surface area (Å²) >= 11 is 5.79. The first kappa shape index (κ1) is 13.2. The molecule has 0 bridgehead atoms. The molecule has 0 aliphatic carbocycles. The van der Waals surface area contributed by atoms with Crippen molar-refractivity contribution in [2.24, 2.45) is 0 Å². The van der Waals surface area contributed by atoms with E-state index in [0.717, 1.165) is 16.8 Å². The van der Waals surface area contributed by atoms with Gasteiger partial charge in [-0.15, -0.1) is 5.10 Å². The molecule has 0 aliphatic rings. The number of nitriles is 1. The van der Waals surface area contributed by atoms with Crippen LogP contribution in [0.1, 0.15) is 11.1 Å². The lowest BCUT2D eigenvalue weighted by Gasteiger charge is -2.09. The van der Waals surface area contributed by atoms with Crippen molar-refractivity contribution in [3.63, 3.8) is 0 Å². The van der Waals surface area contributed by atoms with E-state index in [9.17, 15) is 13.2 Å². The van der Waals surface area contributed by atoms with Crippen LogP contribution in [0.2, 0.25) is 5.02 Å². The molecule has 2 N–H and O–H groups in total. The fraction of sp³-hybridized carbons (Fsp3) is 0.0909. The maximum Gasteiger partial charge on any atom is 0.416 e. The first-order valence-electron chi connectivity index (χ1n) is 4.95. The van der Waals surface area contributed by atoms with Crippen LogP contribution in [0, 0.1) is 11.3 Å². The number of alkyl halides is 3. The Bertz CT molecular complexity index is 670. The summed E-state index contributed by atoms with van der Waals surface area (Å²) in [5.41, 5.74) is 4.93. The summed E-state index contributed by atoms with van der Waals surface area (Å²) in [4.78, 5) is 0. The number of anilines is 1. The summed E-state index contributed by atoms with van der Waals surface area (Å²) < 4.78 is 38.6. The fourth-order valence-corrected chi connectivity index (χ4v) is 1.73. The third-order valence-corrected chi connectivity index (χ3v) is 2.69. The van der Waals surface area contributed by atoms with Gasteiger partial charge < -0.3 is 5.73 Å². The highest BCUT2D eigenvalue weighted by Gasteiger charge is 2.31. The van der Waals surface area contributed by atoms with Crippen LogP contribution in [0.3, 0.4) is 0 Å². The topological polar surface area (TPSA) is 67.6 Å². The number of nitrogens with zero attached hydrogens (tertiary/aromatic N) is 3. The minimum Gasteiger partial charge on any atom is -0.381 e. The normalized spacial score (nSPS) is 11.3. The van der Waals surface area contributed by atoms with Crippen LogP contribution in [0.15, 0.2) is 24.4 Å². The van der Waals surface area contributed by atoms with Gasteiger partial charge in [0.25, 0.3) is 0 Å². The van der Waals surface area contributed by atoms with Gasteiger partial charge in [-0.3, -0.25) is 0 Å². The van der Waals surface area contributed by atoms with Gasteiger partial charge >= 0.3 is 6.18 Å². The van der Waals surface area contributed by atoms with Crippen molar-refractivity contribution in [2.45, 2.75) is 6.18 Å². The Balaban J connectivity index is 2.49. The number of hydrogen-bond donors (Lipinski definition) is 1. The second kappa shape index (κ2) is 4.48. The minimum atomic E-state index is -4.47. The van der Waals surface area contributed by atoms with E-state index in [1.807, 2.05) is 6.07 Å². The molecule has 0 saturated heterocycles. The molecule has 98 valence electrons. The zero-order valence-corrected chi connectivity index (χ0v) is 10.00. The maximum absolute atomic E-state index is 12.5. The summed E-state index contributed by atoms with van der Waals surface area (Å²) in [6.45, 7) is 0. The van der Waals surface area contributed by atoms with Crippen LogP contribution in [-0.4, -0.2) is 9.78 Å². The zero-order valence-electron chi connectivity index (χ0n) is 9.24. The molecule has 0 aliphatic heterocycles. The lowest BCUT2D eigenvalue weighted by atomic mass is 10.2. The molecule has 2 aromatic rings. The Morgan fingerprint density at radius 3 is 2.53 bits per heavy atom. The van der Waals surface area contributed by atoms with Crippen molar-refractivity contribution >= 4 is 17.4 Å². The van der Waals surface area contributed by atoms with E-state index in [1.54, 1.807) is 0 Å². The Morgan fingerprint density at radius 2 is 2.05 bits per heavy atom. The van der Waals surface area contributed by atoms with Gasteiger partial charge in [-0.25, -0.2) is 4.68 Å². The molecule has 0 atom stereocenters. The number of hydrogen-bond acceptors (Lipinski definition) is 3. The highest BCUT2D eigenvalue weighted by molar-refractivity contribution is 6.32. The highest BCUT2D eigenvalue weighted by Crippen LogP contribution is 2.33. The molecule has 4 nitrogen and oxygen atoms in total. The monoisotopic (exact) mass is 286 g/mol. The van der Waals surface area contributed by atoms with Gasteiger partial charge in [0.2, 0.25) is 0 Å². The van der Waals surface area contributed by atoms with E-state index in [1.165, 1.54) is 12.3 Å². The van der Waals surface area contributed by atoms with Gasteiger partial charge in [0.15, 0.2) is 5.82 Å². The molecular weight excluding hydrogens is 281 g/mol. The lowest BCUT2D eigenvalue weighted by Crippen LogP contribution is -2.06. The number of nitrogen functional groups attached to an aromatic ring is 1. The van der Waals surface area contributed by atoms with Gasteiger partial charge in [0.05, 0.1) is 22.5 Å². The van der Waals surface area contributed by atoms with E-state index in [-0.39, 0.29) is 22.1 Å². The van der Waals surface area contributed by atoms with Crippen LogP contribution >= 0.6 is 11.6 Å². The summed E-state index contributed by atoms with van der Waals surface area (Å²) in [6, 6.07) is 4.65. The first-order chi connectivity index (χ1) is 8.82. The summed E-state index contributed by atoms with van der Waals surface area (Å²) in [7, 11) is 0. The molecule has 0 saturated carbocycles. The molecule has 0 fully saturated rings. The van der Waals surface area contributed by atoms with Gasteiger partial charge in [0.1, 0.15) is 11.6 Å². The Hall–Kier alpha value is -2.20. The van der Waals surface area contributed by atoms with Gasteiger partial charge in [-0.2, -0.15) is 18.4 Å². The molecule has 0 spiro atoms. The number of rotatable bonds is 1. The lowest BCUT2D eigenvalue weighted by molar-refractivity contribution is -0.137. The molecule has 0 unspecified atom stereocenters. The smallest absolute Gasteiger partial charge is 0.381 e. The van der Waals surface area contributed by atoms with Gasteiger partial charge in [-0.05, 0) is 18.2 Å². The van der Waals surface area contributed by atoms with Crippen LogP contribution in [0.5, 0.6) is 0 Å². The van der Waals surface area contributed by atoms with E-state index >= 15 is 0 Å². The summed E-state index contributed by atoms with van der Waals surface area (Å²) in [5.74, 6) is -0.0153. The third kappa shape index (κ3) is 2.48. The number of halogens is 4. The molecule has 2 rings (SSSR count). The molecular formula is C11H6ClF3N4. The predicted octanol–water partition coefficient (Wildman–Crippen LogP) is 3.00. The largest absolute Gasteiger partial charge is 0.416 e. The summed E-state index contributed by atoms with van der Waals surface area (Å²) in [5, 5.41) is 12.4. The van der Waals surface area contributed by atoms with Crippen LogP contribution in [0.25, 0.3) is 5.69 Å². The number of benzene rings is 1. The molecule has 0 radical (unpaired) electrons. The van der Waals surface area contributed by atoms with Crippen LogP contribution in [-0.2, 0) is 6.18 Å². The van der Waals surface area contributed by atoms with Crippen LogP contribution in [0.4, 0.5) is 19.0 Å². The fourth-order valence-electron chi connectivity index (χ4n) is 1.47. The number of nitrogens with two attached hydrogens (primary N) is 1. The van der Waals surface area contributed by atoms with Crippen molar-refractivity contribution in [1.82, 2.24) is 9.78 Å².